The Morgan fingerprint density at radius 3 is 2.34 bits per heavy atom. The minimum atomic E-state index is -0.207. The van der Waals surface area contributed by atoms with E-state index in [0.717, 1.165) is 38.5 Å². The van der Waals surface area contributed by atoms with Gasteiger partial charge in [-0.3, -0.25) is 14.4 Å². The summed E-state index contributed by atoms with van der Waals surface area (Å²) in [6.45, 7) is 7.96. The summed E-state index contributed by atoms with van der Waals surface area (Å²) < 4.78 is 10.8. The van der Waals surface area contributed by atoms with Gasteiger partial charge in [0, 0.05) is 25.2 Å². The smallest absolute Gasteiger partial charge is 0.306 e. The molecule has 3 aliphatic carbocycles. The van der Waals surface area contributed by atoms with Gasteiger partial charge in [0.25, 0.3) is 0 Å². The molecule has 5 nitrogen and oxygen atoms in total. The molecule has 3 rings (SSSR count). The van der Waals surface area contributed by atoms with Crippen LogP contribution in [0.15, 0.2) is 0 Å². The molecule has 7 atom stereocenters. The van der Waals surface area contributed by atoms with E-state index in [4.69, 9.17) is 9.47 Å². The predicted molar refractivity (Wildman–Crippen MR) is 110 cm³/mol. The van der Waals surface area contributed by atoms with Crippen molar-refractivity contribution in [2.45, 2.75) is 91.6 Å². The van der Waals surface area contributed by atoms with E-state index in [1.807, 2.05) is 6.92 Å². The second-order valence-corrected chi connectivity index (χ2v) is 10.2. The summed E-state index contributed by atoms with van der Waals surface area (Å²) in [4.78, 5) is 36.3. The van der Waals surface area contributed by atoms with Crippen LogP contribution in [-0.2, 0) is 23.9 Å². The number of rotatable bonds is 6. The van der Waals surface area contributed by atoms with Gasteiger partial charge in [-0.2, -0.15) is 0 Å². The second-order valence-electron chi connectivity index (χ2n) is 10.2. The van der Waals surface area contributed by atoms with E-state index in [9.17, 15) is 14.4 Å². The van der Waals surface area contributed by atoms with Crippen molar-refractivity contribution in [3.8, 4) is 0 Å². The standard InChI is InChI=1S/C24H38O5/c1-6-17(26)13-16-7-8-18-19-9-10-21(29-15(2)25)23(19,3)12-11-20(18)24(16,4)14-22(27)28-5/h16,18-21H,6-14H2,1-5H3/t16-,18-,19-,20-,21-,23-,24-/m0/s1. The van der Waals surface area contributed by atoms with Crippen LogP contribution in [0.1, 0.15) is 85.5 Å². The summed E-state index contributed by atoms with van der Waals surface area (Å²) in [5.41, 5.74) is -0.174. The quantitative estimate of drug-likeness (QED) is 0.598. The zero-order valence-corrected chi connectivity index (χ0v) is 18.8. The fourth-order valence-electron chi connectivity index (χ4n) is 7.29. The van der Waals surface area contributed by atoms with Crippen LogP contribution in [-0.4, -0.2) is 30.9 Å². The normalized spacial score (nSPS) is 41.2. The van der Waals surface area contributed by atoms with Gasteiger partial charge in [-0.25, -0.2) is 0 Å². The molecule has 0 N–H and O–H groups in total. The van der Waals surface area contributed by atoms with Crippen molar-refractivity contribution in [3.05, 3.63) is 0 Å². The zero-order chi connectivity index (χ0) is 21.4. The van der Waals surface area contributed by atoms with E-state index >= 15 is 0 Å². The molecule has 3 fully saturated rings. The van der Waals surface area contributed by atoms with Crippen LogP contribution in [0.25, 0.3) is 0 Å². The Hall–Kier alpha value is -1.39. The lowest BCUT2D eigenvalue weighted by atomic mass is 9.46. The summed E-state index contributed by atoms with van der Waals surface area (Å²) >= 11 is 0. The third kappa shape index (κ3) is 3.98. The van der Waals surface area contributed by atoms with Gasteiger partial charge in [-0.15, -0.1) is 0 Å². The minimum absolute atomic E-state index is 0.0113. The van der Waals surface area contributed by atoms with Crippen LogP contribution < -0.4 is 0 Å². The summed E-state index contributed by atoms with van der Waals surface area (Å²) in [6, 6.07) is 0. The van der Waals surface area contributed by atoms with Crippen LogP contribution >= 0.6 is 0 Å². The van der Waals surface area contributed by atoms with Crippen molar-refractivity contribution in [1.82, 2.24) is 0 Å². The number of Topliss-reactive ketones (excluding diaryl/α,β-unsaturated/α-hetero) is 1. The second kappa shape index (κ2) is 8.39. The first-order valence-corrected chi connectivity index (χ1v) is 11.4. The van der Waals surface area contributed by atoms with Gasteiger partial charge in [0.05, 0.1) is 13.5 Å². The zero-order valence-electron chi connectivity index (χ0n) is 18.8. The number of fused-ring (bicyclic) bond motifs is 3. The molecule has 0 saturated heterocycles. The highest BCUT2D eigenvalue weighted by molar-refractivity contribution is 5.78. The molecule has 0 aromatic rings. The third-order valence-electron chi connectivity index (χ3n) is 8.91. The average molecular weight is 407 g/mol. The van der Waals surface area contributed by atoms with Crippen molar-refractivity contribution in [3.63, 3.8) is 0 Å². The fourth-order valence-corrected chi connectivity index (χ4v) is 7.29. The van der Waals surface area contributed by atoms with Crippen molar-refractivity contribution >= 4 is 17.7 Å². The van der Waals surface area contributed by atoms with Gasteiger partial charge in [-0.05, 0) is 67.6 Å². The van der Waals surface area contributed by atoms with E-state index in [0.29, 0.717) is 42.8 Å². The summed E-state index contributed by atoms with van der Waals surface area (Å²) in [7, 11) is 1.46. The number of carbonyl (C=O) groups excluding carboxylic acids is 3. The van der Waals surface area contributed by atoms with Crippen LogP contribution in [0.5, 0.6) is 0 Å². The van der Waals surface area contributed by atoms with Gasteiger partial charge in [0.2, 0.25) is 0 Å². The SMILES string of the molecule is CCC(=O)C[C@@H]1CC[C@@H]2[C@H](CC[C@]3(C)[C@@H](OC(C)=O)CC[C@@H]23)[C@@]1(C)CC(=O)OC. The van der Waals surface area contributed by atoms with Gasteiger partial charge < -0.3 is 9.47 Å². The Kier molecular flexibility index (Phi) is 6.45. The van der Waals surface area contributed by atoms with Gasteiger partial charge in [-0.1, -0.05) is 20.8 Å². The molecule has 0 aromatic heterocycles. The lowest BCUT2D eigenvalue weighted by molar-refractivity contribution is -0.165. The highest BCUT2D eigenvalue weighted by atomic mass is 16.5. The first kappa shape index (κ1) is 22.3. The van der Waals surface area contributed by atoms with Crippen LogP contribution in [0, 0.1) is 34.5 Å². The Bertz CT molecular complexity index is 658. The van der Waals surface area contributed by atoms with E-state index < -0.39 is 0 Å². The number of hydrogen-bond donors (Lipinski definition) is 0. The van der Waals surface area contributed by atoms with Crippen molar-refractivity contribution in [2.75, 3.05) is 7.11 Å². The largest absolute Gasteiger partial charge is 0.469 e. The number of hydrogen-bond acceptors (Lipinski definition) is 5. The third-order valence-corrected chi connectivity index (χ3v) is 8.91. The molecule has 0 heterocycles. The van der Waals surface area contributed by atoms with E-state index in [1.54, 1.807) is 0 Å². The van der Waals surface area contributed by atoms with E-state index in [1.165, 1.54) is 14.0 Å². The summed E-state index contributed by atoms with van der Waals surface area (Å²) in [5, 5.41) is 0. The Morgan fingerprint density at radius 2 is 1.72 bits per heavy atom. The summed E-state index contributed by atoms with van der Waals surface area (Å²) in [5.74, 6) is 1.64. The molecule has 0 radical (unpaired) electrons. The molecule has 29 heavy (non-hydrogen) atoms. The molecule has 3 saturated carbocycles. The van der Waals surface area contributed by atoms with Crippen LogP contribution in [0.3, 0.4) is 0 Å². The molecule has 0 bridgehead atoms. The van der Waals surface area contributed by atoms with E-state index in [2.05, 4.69) is 13.8 Å². The number of ketones is 1. The highest BCUT2D eigenvalue weighted by Crippen LogP contribution is 2.65. The number of esters is 2. The topological polar surface area (TPSA) is 69.7 Å². The molecule has 5 heteroatoms. The average Bonchev–Trinajstić information content (AvgIpc) is 2.99. The van der Waals surface area contributed by atoms with Gasteiger partial charge >= 0.3 is 11.9 Å². The molecule has 0 spiro atoms. The number of carbonyl (C=O) groups is 3. The highest BCUT2D eigenvalue weighted by Gasteiger charge is 2.60. The minimum Gasteiger partial charge on any atom is -0.469 e. The molecule has 0 aromatic carbocycles. The molecule has 0 amide bonds. The summed E-state index contributed by atoms with van der Waals surface area (Å²) in [6.07, 6.45) is 7.70. The Balaban J connectivity index is 1.87. The maximum Gasteiger partial charge on any atom is 0.306 e. The maximum atomic E-state index is 12.4. The number of methoxy groups -OCH3 is 1. The predicted octanol–water partition coefficient (Wildman–Crippen LogP) is 4.71. The lowest BCUT2D eigenvalue weighted by Crippen LogP contribution is -2.53. The molecule has 0 unspecified atom stereocenters. The molecule has 0 aliphatic heterocycles. The van der Waals surface area contributed by atoms with Crippen LogP contribution in [0.4, 0.5) is 0 Å². The fraction of sp³-hybridized carbons (Fsp3) is 0.875. The van der Waals surface area contributed by atoms with Crippen molar-refractivity contribution in [1.29, 1.82) is 0 Å². The van der Waals surface area contributed by atoms with Crippen molar-refractivity contribution in [2.24, 2.45) is 34.5 Å². The molecular formula is C24H38O5. The monoisotopic (exact) mass is 406 g/mol. The Morgan fingerprint density at radius 1 is 1.00 bits per heavy atom. The first-order valence-electron chi connectivity index (χ1n) is 11.4. The lowest BCUT2D eigenvalue weighted by Gasteiger charge is -2.58. The maximum absolute atomic E-state index is 12.4. The van der Waals surface area contributed by atoms with Gasteiger partial charge in [0.1, 0.15) is 11.9 Å². The molecule has 3 aliphatic rings. The molecule has 164 valence electrons. The van der Waals surface area contributed by atoms with E-state index in [-0.39, 0.29) is 34.8 Å². The Labute approximate surface area is 175 Å². The van der Waals surface area contributed by atoms with Gasteiger partial charge in [0.15, 0.2) is 0 Å². The van der Waals surface area contributed by atoms with Crippen LogP contribution in [0.2, 0.25) is 0 Å². The number of ether oxygens (including phenoxy) is 2. The first-order chi connectivity index (χ1) is 13.7. The molecular weight excluding hydrogens is 368 g/mol. The van der Waals surface area contributed by atoms with Crippen molar-refractivity contribution < 1.29 is 23.9 Å².